The Labute approximate surface area is 213 Å². The van der Waals surface area contributed by atoms with E-state index in [9.17, 15) is 32.2 Å². The van der Waals surface area contributed by atoms with E-state index in [-0.39, 0.29) is 41.3 Å². The highest BCUT2D eigenvalue weighted by atomic mass is 32.2. The number of ether oxygens (including phenoxy) is 1. The van der Waals surface area contributed by atoms with Gasteiger partial charge in [0, 0.05) is 6.42 Å². The molecule has 0 saturated heterocycles. The number of rotatable bonds is 7. The molecule has 10 atom stereocenters. The van der Waals surface area contributed by atoms with E-state index in [1.807, 2.05) is 0 Å². The van der Waals surface area contributed by atoms with E-state index in [1.54, 1.807) is 0 Å². The Bertz CT molecular complexity index is 943. The van der Waals surface area contributed by atoms with E-state index in [4.69, 9.17) is 4.55 Å². The third-order valence-corrected chi connectivity index (χ3v) is 11.9. The van der Waals surface area contributed by atoms with Gasteiger partial charge >= 0.3 is 21.3 Å². The highest BCUT2D eigenvalue weighted by molar-refractivity contribution is 7.86. The van der Waals surface area contributed by atoms with Crippen molar-refractivity contribution in [1.82, 2.24) is 0 Å². The Balaban J connectivity index is 1.38. The first kappa shape index (κ1) is 28.2. The molecule has 0 aromatic rings. The van der Waals surface area contributed by atoms with E-state index in [1.165, 1.54) is 0 Å². The van der Waals surface area contributed by atoms with Crippen molar-refractivity contribution < 1.29 is 41.5 Å². The zero-order chi connectivity index (χ0) is 26.7. The summed E-state index contributed by atoms with van der Waals surface area (Å²) in [6, 6.07) is 0. The summed E-state index contributed by atoms with van der Waals surface area (Å²) in [4.78, 5) is 12.0. The lowest BCUT2D eigenvalue weighted by Gasteiger charge is -2.62. The fourth-order valence-electron chi connectivity index (χ4n) is 9.11. The van der Waals surface area contributed by atoms with Gasteiger partial charge in [-0.25, -0.2) is 0 Å². The van der Waals surface area contributed by atoms with E-state index in [2.05, 4.69) is 25.5 Å². The summed E-state index contributed by atoms with van der Waals surface area (Å²) in [5.74, 6) is 1.26. The van der Waals surface area contributed by atoms with Gasteiger partial charge in [-0.05, 0) is 104 Å². The first-order valence-electron chi connectivity index (χ1n) is 13.5. The van der Waals surface area contributed by atoms with Crippen LogP contribution in [-0.4, -0.2) is 53.2 Å². The molecule has 4 fully saturated rings. The maximum Gasteiger partial charge on any atom is 0.402 e. The molecule has 36 heavy (non-hydrogen) atoms. The largest absolute Gasteiger partial charge is 0.458 e. The van der Waals surface area contributed by atoms with Crippen LogP contribution in [0.3, 0.4) is 0 Å². The molecule has 0 aliphatic heterocycles. The van der Waals surface area contributed by atoms with Gasteiger partial charge in [0.15, 0.2) is 6.61 Å². The van der Waals surface area contributed by atoms with Gasteiger partial charge in [-0.1, -0.05) is 20.8 Å². The summed E-state index contributed by atoms with van der Waals surface area (Å²) >= 11 is 0. The normalized spacial score (nSPS) is 43.7. The molecule has 0 aromatic carbocycles. The molecule has 4 aliphatic rings. The number of hydrogen-bond donors (Lipinski definition) is 3. The minimum absolute atomic E-state index is 0.0560. The lowest BCUT2D eigenvalue weighted by Crippen LogP contribution is -2.58. The van der Waals surface area contributed by atoms with Crippen molar-refractivity contribution in [3.05, 3.63) is 0 Å². The third-order valence-electron chi connectivity index (χ3n) is 11.0. The Kier molecular flexibility index (Phi) is 7.61. The fraction of sp³-hybridized carbons (Fsp3) is 0.962. The average molecular weight is 537 g/mol. The van der Waals surface area contributed by atoms with Crippen molar-refractivity contribution in [2.24, 2.45) is 46.3 Å². The molecule has 0 aromatic heterocycles. The van der Waals surface area contributed by atoms with Crippen LogP contribution < -0.4 is 0 Å². The smallest absolute Gasteiger partial charge is 0.402 e. The second-order valence-corrected chi connectivity index (χ2v) is 14.3. The van der Waals surface area contributed by atoms with Crippen LogP contribution in [0.25, 0.3) is 0 Å². The lowest BCUT2D eigenvalue weighted by atomic mass is 9.44. The Morgan fingerprint density at radius 1 is 1.03 bits per heavy atom. The molecular formula is C26H42F2O7S. The van der Waals surface area contributed by atoms with Crippen LogP contribution in [-0.2, 0) is 19.6 Å². The van der Waals surface area contributed by atoms with E-state index in [0.29, 0.717) is 36.5 Å². The number of hydrogen-bond acceptors (Lipinski definition) is 6. The zero-order valence-electron chi connectivity index (χ0n) is 21.5. The van der Waals surface area contributed by atoms with Gasteiger partial charge in [-0.2, -0.15) is 17.2 Å². The molecule has 0 heterocycles. The van der Waals surface area contributed by atoms with Gasteiger partial charge in [-0.3, -0.25) is 9.35 Å². The molecule has 1 unspecified atom stereocenters. The number of halogens is 2. The molecular weight excluding hydrogens is 494 g/mol. The molecule has 3 N–H and O–H groups in total. The molecule has 4 rings (SSSR count). The van der Waals surface area contributed by atoms with Crippen molar-refractivity contribution in [1.29, 1.82) is 0 Å². The monoisotopic (exact) mass is 536 g/mol. The molecule has 0 spiro atoms. The highest BCUT2D eigenvalue weighted by Crippen LogP contribution is 2.68. The van der Waals surface area contributed by atoms with Crippen molar-refractivity contribution >= 4 is 16.1 Å². The number of carbonyl (C=O) groups excluding carboxylic acids is 1. The minimum atomic E-state index is -5.63. The molecule has 4 aliphatic carbocycles. The van der Waals surface area contributed by atoms with Crippen LogP contribution in [0.15, 0.2) is 0 Å². The molecule has 208 valence electrons. The Morgan fingerprint density at radius 2 is 1.67 bits per heavy atom. The fourth-order valence-corrected chi connectivity index (χ4v) is 9.32. The maximum atomic E-state index is 13.3. The number of aliphatic hydroxyl groups excluding tert-OH is 2. The van der Waals surface area contributed by atoms with Crippen LogP contribution in [0.4, 0.5) is 8.78 Å². The second-order valence-electron chi connectivity index (χ2n) is 12.7. The highest BCUT2D eigenvalue weighted by Gasteiger charge is 2.62. The summed E-state index contributed by atoms with van der Waals surface area (Å²) in [7, 11) is -5.63. The summed E-state index contributed by atoms with van der Waals surface area (Å²) in [6.07, 6.45) is 7.18. The van der Waals surface area contributed by atoms with Crippen LogP contribution in [0.5, 0.6) is 0 Å². The standard InChI is InChI=1S/C26H42F2O7S/c1-15(4-7-23(31)35-14-26(27,28)36(32,33)34)18-5-6-19-17-13-22(30)21-12-16(29)8-10-25(21,3)20(17)9-11-24(18,19)2/h15-22,29-30H,4-14H2,1-3H3,(H,32,33,34)/t15-,16-,17+,18-,19+,20+,21?,22+,24-,25-/m1/s1. The summed E-state index contributed by atoms with van der Waals surface area (Å²) in [6.45, 7) is 5.07. The molecule has 7 nitrogen and oxygen atoms in total. The molecule has 0 bridgehead atoms. The lowest BCUT2D eigenvalue weighted by molar-refractivity contribution is -0.172. The first-order chi connectivity index (χ1) is 16.6. The van der Waals surface area contributed by atoms with E-state index >= 15 is 0 Å². The maximum absolute atomic E-state index is 13.3. The van der Waals surface area contributed by atoms with Gasteiger partial charge in [0.25, 0.3) is 0 Å². The van der Waals surface area contributed by atoms with Gasteiger partial charge in [0.1, 0.15) is 0 Å². The molecule has 4 saturated carbocycles. The van der Waals surface area contributed by atoms with Gasteiger partial charge < -0.3 is 14.9 Å². The number of esters is 1. The Hall–Kier alpha value is -0.840. The SMILES string of the molecule is C[C@H](CCC(=O)OCC(F)(F)S(=O)(=O)O)[C@H]1CC[C@H]2[C@@H]3C[C@H](O)C4C[C@H](O)CC[C@]4(C)[C@H]3CC[C@]12C. The van der Waals surface area contributed by atoms with Crippen LogP contribution in [0, 0.1) is 46.3 Å². The third kappa shape index (κ3) is 4.84. The van der Waals surface area contributed by atoms with Crippen molar-refractivity contribution in [3.8, 4) is 0 Å². The number of alkyl halides is 2. The van der Waals surface area contributed by atoms with Crippen molar-refractivity contribution in [2.45, 2.75) is 102 Å². The van der Waals surface area contributed by atoms with Crippen LogP contribution >= 0.6 is 0 Å². The minimum Gasteiger partial charge on any atom is -0.458 e. The topological polar surface area (TPSA) is 121 Å². The quantitative estimate of drug-likeness (QED) is 0.325. The van der Waals surface area contributed by atoms with Gasteiger partial charge in [0.2, 0.25) is 0 Å². The number of aliphatic hydroxyl groups is 2. The summed E-state index contributed by atoms with van der Waals surface area (Å²) < 4.78 is 61.1. The molecule has 0 radical (unpaired) electrons. The molecule has 0 amide bonds. The van der Waals surface area contributed by atoms with Crippen molar-refractivity contribution in [2.75, 3.05) is 6.61 Å². The number of fused-ring (bicyclic) bond motifs is 5. The van der Waals surface area contributed by atoms with E-state index < -0.39 is 27.9 Å². The summed E-state index contributed by atoms with van der Waals surface area (Å²) in [5.41, 5.74) is 0.139. The zero-order valence-corrected chi connectivity index (χ0v) is 22.4. The second kappa shape index (κ2) is 9.72. The summed E-state index contributed by atoms with van der Waals surface area (Å²) in [5, 5.41) is 16.9. The van der Waals surface area contributed by atoms with Crippen LogP contribution in [0.2, 0.25) is 0 Å². The Morgan fingerprint density at radius 3 is 2.33 bits per heavy atom. The van der Waals surface area contributed by atoms with Gasteiger partial charge in [-0.15, -0.1) is 0 Å². The number of carbonyl (C=O) groups is 1. The average Bonchev–Trinajstić information content (AvgIpc) is 3.14. The van der Waals surface area contributed by atoms with Crippen LogP contribution in [0.1, 0.15) is 85.0 Å². The first-order valence-corrected chi connectivity index (χ1v) is 14.9. The van der Waals surface area contributed by atoms with E-state index in [0.717, 1.165) is 44.9 Å². The van der Waals surface area contributed by atoms with Crippen molar-refractivity contribution in [3.63, 3.8) is 0 Å². The predicted molar refractivity (Wildman–Crippen MR) is 128 cm³/mol. The molecule has 10 heteroatoms. The predicted octanol–water partition coefficient (Wildman–Crippen LogP) is 4.42. The van der Waals surface area contributed by atoms with Gasteiger partial charge in [0.05, 0.1) is 12.2 Å².